The largest absolute Gasteiger partial charge is 0.362 e. The lowest BCUT2D eigenvalue weighted by Crippen LogP contribution is -2.42. The van der Waals surface area contributed by atoms with Gasteiger partial charge in [-0.15, -0.1) is 0 Å². The molecule has 1 aromatic heterocycles. The zero-order valence-corrected chi connectivity index (χ0v) is 25.1. The normalized spacial score (nSPS) is 24.9. The minimum Gasteiger partial charge on any atom is -0.362 e. The molecule has 39 heavy (non-hydrogen) atoms. The van der Waals surface area contributed by atoms with E-state index in [9.17, 15) is 0 Å². The standard InChI is InChI=1S/C32H48N6S/c1-4-7-22-10-12-23(13-11-22)24-14-16-26(17-15-24)34-32(39)35-27-20-18-25(19-21-27)33-31-36-29-9-6-5-8-28(29)30(37-31)38(2)3/h14-17,22-23,25,27H,4-13,18-21H2,1-3H3,(H,33,36,37)(H2,34,35,39)/t22-,23-,25-,27+. The molecule has 0 bridgehead atoms. The van der Waals surface area contributed by atoms with Crippen molar-refractivity contribution in [3.05, 3.63) is 41.1 Å². The van der Waals surface area contributed by atoms with Gasteiger partial charge >= 0.3 is 0 Å². The zero-order chi connectivity index (χ0) is 27.2. The van der Waals surface area contributed by atoms with Crippen molar-refractivity contribution < 1.29 is 0 Å². The second-order valence-electron chi connectivity index (χ2n) is 12.3. The lowest BCUT2D eigenvalue weighted by molar-refractivity contribution is 0.308. The fourth-order valence-corrected chi connectivity index (χ4v) is 7.24. The molecule has 3 aliphatic carbocycles. The quantitative estimate of drug-likeness (QED) is 0.301. The topological polar surface area (TPSA) is 65.1 Å². The highest BCUT2D eigenvalue weighted by Gasteiger charge is 2.25. The molecule has 1 heterocycles. The van der Waals surface area contributed by atoms with Gasteiger partial charge in [0.25, 0.3) is 0 Å². The van der Waals surface area contributed by atoms with E-state index in [1.54, 1.807) is 0 Å². The molecular weight excluding hydrogens is 500 g/mol. The SMILES string of the molecule is CCC[C@H]1CC[C@H](c2ccc(NC(=S)N[C@H]3CC[C@@H](Nc4nc5c(c(N(C)C)n4)CCCC5)CC3)cc2)CC1. The first kappa shape index (κ1) is 28.1. The van der Waals surface area contributed by atoms with Gasteiger partial charge < -0.3 is 20.9 Å². The van der Waals surface area contributed by atoms with E-state index in [1.807, 2.05) is 0 Å². The summed E-state index contributed by atoms with van der Waals surface area (Å²) in [6.07, 6.45) is 17.2. The maximum atomic E-state index is 5.68. The van der Waals surface area contributed by atoms with E-state index >= 15 is 0 Å². The van der Waals surface area contributed by atoms with E-state index in [4.69, 9.17) is 22.2 Å². The van der Waals surface area contributed by atoms with Crippen LogP contribution in [0.1, 0.15) is 107 Å². The van der Waals surface area contributed by atoms with Crippen LogP contribution in [0.4, 0.5) is 17.5 Å². The van der Waals surface area contributed by atoms with Gasteiger partial charge in [-0.2, -0.15) is 4.98 Å². The van der Waals surface area contributed by atoms with Crippen molar-refractivity contribution in [2.75, 3.05) is 29.6 Å². The molecule has 7 heteroatoms. The van der Waals surface area contributed by atoms with Gasteiger partial charge in [0.2, 0.25) is 5.95 Å². The fourth-order valence-electron chi connectivity index (χ4n) is 6.96. The molecule has 0 atom stereocenters. The maximum Gasteiger partial charge on any atom is 0.225 e. The first-order chi connectivity index (χ1) is 19.0. The van der Waals surface area contributed by atoms with Crippen LogP contribution in [0.5, 0.6) is 0 Å². The Bertz CT molecular complexity index is 1080. The highest BCUT2D eigenvalue weighted by molar-refractivity contribution is 7.80. The molecule has 0 amide bonds. The lowest BCUT2D eigenvalue weighted by Gasteiger charge is -2.31. The van der Waals surface area contributed by atoms with Crippen LogP contribution in [0, 0.1) is 5.92 Å². The first-order valence-electron chi connectivity index (χ1n) is 15.5. The summed E-state index contributed by atoms with van der Waals surface area (Å²) in [5, 5.41) is 11.4. The molecule has 3 N–H and O–H groups in total. The molecule has 0 radical (unpaired) electrons. The lowest BCUT2D eigenvalue weighted by atomic mass is 9.77. The Labute approximate surface area is 241 Å². The van der Waals surface area contributed by atoms with Crippen LogP contribution in [-0.4, -0.2) is 41.3 Å². The van der Waals surface area contributed by atoms with Crippen LogP contribution < -0.4 is 20.9 Å². The van der Waals surface area contributed by atoms with Gasteiger partial charge in [0.1, 0.15) is 5.82 Å². The number of benzene rings is 1. The van der Waals surface area contributed by atoms with Crippen LogP contribution in [-0.2, 0) is 12.8 Å². The van der Waals surface area contributed by atoms with Crippen LogP contribution in [0.25, 0.3) is 0 Å². The monoisotopic (exact) mass is 548 g/mol. The number of aromatic nitrogens is 2. The minimum atomic E-state index is 0.405. The number of aryl methyl sites for hydroxylation is 1. The number of hydrogen-bond acceptors (Lipinski definition) is 5. The Morgan fingerprint density at radius 3 is 2.28 bits per heavy atom. The summed E-state index contributed by atoms with van der Waals surface area (Å²) in [6, 6.07) is 9.81. The third-order valence-electron chi connectivity index (χ3n) is 9.16. The summed E-state index contributed by atoms with van der Waals surface area (Å²) < 4.78 is 0. The van der Waals surface area contributed by atoms with Crippen molar-refractivity contribution in [1.29, 1.82) is 0 Å². The second-order valence-corrected chi connectivity index (χ2v) is 12.7. The molecule has 1 aromatic carbocycles. The number of nitrogens with one attached hydrogen (secondary N) is 3. The molecule has 0 spiro atoms. The van der Waals surface area contributed by atoms with Crippen LogP contribution in [0.2, 0.25) is 0 Å². The number of rotatable bonds is 8. The van der Waals surface area contributed by atoms with Crippen molar-refractivity contribution in [1.82, 2.24) is 15.3 Å². The van der Waals surface area contributed by atoms with E-state index < -0.39 is 0 Å². The summed E-state index contributed by atoms with van der Waals surface area (Å²) >= 11 is 5.68. The molecule has 2 saturated carbocycles. The van der Waals surface area contributed by atoms with Crippen LogP contribution >= 0.6 is 12.2 Å². The summed E-state index contributed by atoms with van der Waals surface area (Å²) in [6.45, 7) is 2.31. The number of anilines is 3. The van der Waals surface area contributed by atoms with E-state index in [0.717, 1.165) is 72.9 Å². The van der Waals surface area contributed by atoms with E-state index in [1.165, 1.54) is 68.2 Å². The maximum absolute atomic E-state index is 5.68. The van der Waals surface area contributed by atoms with E-state index in [2.05, 4.69) is 66.1 Å². The third kappa shape index (κ3) is 7.41. The zero-order valence-electron chi connectivity index (χ0n) is 24.3. The van der Waals surface area contributed by atoms with E-state index in [0.29, 0.717) is 12.1 Å². The van der Waals surface area contributed by atoms with Gasteiger partial charge in [0.15, 0.2) is 5.11 Å². The molecule has 0 saturated heterocycles. The Balaban J connectivity index is 1.06. The molecule has 212 valence electrons. The van der Waals surface area contributed by atoms with Gasteiger partial charge in [0.05, 0.1) is 5.69 Å². The average molecular weight is 549 g/mol. The number of fused-ring (bicyclic) bond motifs is 1. The highest BCUT2D eigenvalue weighted by Crippen LogP contribution is 2.37. The first-order valence-corrected chi connectivity index (χ1v) is 15.9. The van der Waals surface area contributed by atoms with Gasteiger partial charge in [0, 0.05) is 37.4 Å². The van der Waals surface area contributed by atoms with Crippen LogP contribution in [0.3, 0.4) is 0 Å². The Kier molecular flexibility index (Phi) is 9.59. The predicted molar refractivity (Wildman–Crippen MR) is 168 cm³/mol. The summed E-state index contributed by atoms with van der Waals surface area (Å²) in [7, 11) is 4.17. The van der Waals surface area contributed by atoms with Crippen LogP contribution in [0.15, 0.2) is 24.3 Å². The molecule has 2 fully saturated rings. The van der Waals surface area contributed by atoms with Gasteiger partial charge in [-0.05, 0) is 119 Å². The Morgan fingerprint density at radius 2 is 1.59 bits per heavy atom. The highest BCUT2D eigenvalue weighted by atomic mass is 32.1. The van der Waals surface area contributed by atoms with Gasteiger partial charge in [-0.3, -0.25) is 0 Å². The van der Waals surface area contributed by atoms with Crippen molar-refractivity contribution >= 4 is 34.8 Å². The van der Waals surface area contributed by atoms with Crippen molar-refractivity contribution in [2.24, 2.45) is 5.92 Å². The van der Waals surface area contributed by atoms with E-state index in [-0.39, 0.29) is 0 Å². The van der Waals surface area contributed by atoms with Gasteiger partial charge in [-0.25, -0.2) is 4.98 Å². The Hall–Kier alpha value is -2.41. The number of nitrogens with zero attached hydrogens (tertiary/aromatic N) is 3. The second kappa shape index (κ2) is 13.3. The average Bonchev–Trinajstić information content (AvgIpc) is 2.95. The number of hydrogen-bond donors (Lipinski definition) is 3. The summed E-state index contributed by atoms with van der Waals surface area (Å²) in [5.41, 5.74) is 5.14. The van der Waals surface area contributed by atoms with Gasteiger partial charge in [-0.1, -0.05) is 31.9 Å². The smallest absolute Gasteiger partial charge is 0.225 e. The third-order valence-corrected chi connectivity index (χ3v) is 9.38. The summed E-state index contributed by atoms with van der Waals surface area (Å²) in [5.74, 6) is 3.56. The molecule has 0 aliphatic heterocycles. The van der Waals surface area contributed by atoms with Crippen molar-refractivity contribution in [3.8, 4) is 0 Å². The van der Waals surface area contributed by atoms with Crippen molar-refractivity contribution in [3.63, 3.8) is 0 Å². The fraction of sp³-hybridized carbons (Fsp3) is 0.656. The van der Waals surface area contributed by atoms with Crippen molar-refractivity contribution in [2.45, 2.75) is 115 Å². The molecule has 0 unspecified atom stereocenters. The molecule has 2 aromatic rings. The molecule has 3 aliphatic rings. The number of thiocarbonyl (C=S) groups is 1. The minimum absolute atomic E-state index is 0.405. The Morgan fingerprint density at radius 1 is 0.897 bits per heavy atom. The molecule has 5 rings (SSSR count). The predicted octanol–water partition coefficient (Wildman–Crippen LogP) is 7.21. The molecule has 6 nitrogen and oxygen atoms in total. The summed E-state index contributed by atoms with van der Waals surface area (Å²) in [4.78, 5) is 12.0. The molecular formula is C32H48N6S.